The predicted octanol–water partition coefficient (Wildman–Crippen LogP) is 2.19. The summed E-state index contributed by atoms with van der Waals surface area (Å²) in [5, 5.41) is 0. The van der Waals surface area contributed by atoms with Crippen molar-refractivity contribution < 1.29 is 18.0 Å². The third-order valence-electron chi connectivity index (χ3n) is 1.37. The van der Waals surface area contributed by atoms with Gasteiger partial charge in [0.2, 0.25) is 0 Å². The highest BCUT2D eigenvalue weighted by Crippen LogP contribution is 2.16. The fourth-order valence-electron chi connectivity index (χ4n) is 0.745. The quantitative estimate of drug-likeness (QED) is 0.640. The molecule has 0 N–H and O–H groups in total. The highest BCUT2D eigenvalue weighted by atomic mass is 19.4. The molecule has 0 aliphatic rings. The molecule has 5 heteroatoms. The molecule has 0 aliphatic carbocycles. The molecule has 0 bridgehead atoms. The predicted molar refractivity (Wildman–Crippen MR) is 45.1 cm³/mol. The highest BCUT2D eigenvalue weighted by Gasteiger charge is 2.38. The van der Waals surface area contributed by atoms with Gasteiger partial charge >= 0.3 is 12.1 Å². The Bertz CT molecular complexity index is 343. The lowest BCUT2D eigenvalue weighted by molar-refractivity contribution is -0.169. The van der Waals surface area contributed by atoms with Crippen LogP contribution in [0, 0.1) is 0 Å². The molecule has 0 saturated heterocycles. The minimum Gasteiger partial charge on any atom is -0.262 e. The molecule has 1 amide bonds. The number of carbonyl (C=O) groups is 1. The second-order valence-corrected chi connectivity index (χ2v) is 2.47. The summed E-state index contributed by atoms with van der Waals surface area (Å²) in [4.78, 5) is 13.1. The highest BCUT2D eigenvalue weighted by molar-refractivity contribution is 5.94. The van der Waals surface area contributed by atoms with Gasteiger partial charge in [-0.05, 0) is 5.56 Å². The number of rotatable bonds is 1. The van der Waals surface area contributed by atoms with E-state index in [0.717, 1.165) is 6.21 Å². The summed E-state index contributed by atoms with van der Waals surface area (Å²) < 4.78 is 35.1. The monoisotopic (exact) mass is 201 g/mol. The van der Waals surface area contributed by atoms with Crippen LogP contribution in [0.4, 0.5) is 13.2 Å². The van der Waals surface area contributed by atoms with E-state index in [2.05, 4.69) is 4.99 Å². The van der Waals surface area contributed by atoms with Crippen LogP contribution < -0.4 is 0 Å². The van der Waals surface area contributed by atoms with Crippen molar-refractivity contribution in [2.75, 3.05) is 0 Å². The number of halogens is 3. The van der Waals surface area contributed by atoms with Crippen LogP contribution in [0.2, 0.25) is 0 Å². The van der Waals surface area contributed by atoms with Crippen LogP contribution in [-0.4, -0.2) is 18.3 Å². The zero-order valence-corrected chi connectivity index (χ0v) is 6.95. The molecule has 0 fully saturated rings. The molecular formula is C9H6F3NO. The van der Waals surface area contributed by atoms with E-state index in [-0.39, 0.29) is 0 Å². The molecule has 0 aromatic heterocycles. The van der Waals surface area contributed by atoms with E-state index in [1.807, 2.05) is 0 Å². The molecule has 2 nitrogen and oxygen atoms in total. The van der Waals surface area contributed by atoms with E-state index < -0.39 is 12.1 Å². The zero-order valence-electron chi connectivity index (χ0n) is 6.95. The van der Waals surface area contributed by atoms with Crippen molar-refractivity contribution >= 4 is 12.1 Å². The maximum Gasteiger partial charge on any atom is 0.473 e. The molecule has 0 aliphatic heterocycles. The third-order valence-corrected chi connectivity index (χ3v) is 1.37. The molecule has 0 saturated carbocycles. The molecule has 0 heterocycles. The normalized spacial score (nSPS) is 11.9. The van der Waals surface area contributed by atoms with E-state index in [9.17, 15) is 18.0 Å². The largest absolute Gasteiger partial charge is 0.473 e. The van der Waals surface area contributed by atoms with Crippen LogP contribution in [0.25, 0.3) is 0 Å². The number of benzene rings is 1. The van der Waals surface area contributed by atoms with Crippen molar-refractivity contribution in [1.29, 1.82) is 0 Å². The fraction of sp³-hybridized carbons (Fsp3) is 0.111. The van der Waals surface area contributed by atoms with Crippen LogP contribution in [0.3, 0.4) is 0 Å². The Morgan fingerprint density at radius 1 is 1.21 bits per heavy atom. The maximum absolute atomic E-state index is 11.7. The van der Waals surface area contributed by atoms with Crippen molar-refractivity contribution in [3.05, 3.63) is 35.9 Å². The van der Waals surface area contributed by atoms with Gasteiger partial charge in [-0.3, -0.25) is 4.79 Å². The zero-order chi connectivity index (χ0) is 10.6. The molecular weight excluding hydrogens is 195 g/mol. The molecule has 0 spiro atoms. The number of amides is 1. The first kappa shape index (κ1) is 10.4. The van der Waals surface area contributed by atoms with Crippen molar-refractivity contribution in [3.8, 4) is 0 Å². The first-order valence-electron chi connectivity index (χ1n) is 3.70. The van der Waals surface area contributed by atoms with Crippen molar-refractivity contribution in [2.24, 2.45) is 4.99 Å². The summed E-state index contributed by atoms with van der Waals surface area (Å²) in [5.41, 5.74) is 0.449. The lowest BCUT2D eigenvalue weighted by Crippen LogP contribution is -2.20. The minimum absolute atomic E-state index is 0.449. The standard InChI is InChI=1S/C9H6F3NO/c10-9(11,12)8(14)13-6-7-4-2-1-3-5-7/h1-6H. The average molecular weight is 201 g/mol. The second kappa shape index (κ2) is 4.04. The Kier molecular flexibility index (Phi) is 3.01. The van der Waals surface area contributed by atoms with Gasteiger partial charge in [-0.1, -0.05) is 30.3 Å². The number of nitrogens with zero attached hydrogens (tertiary/aromatic N) is 1. The fourth-order valence-corrected chi connectivity index (χ4v) is 0.745. The van der Waals surface area contributed by atoms with Crippen LogP contribution in [0.1, 0.15) is 5.56 Å². The van der Waals surface area contributed by atoms with Crippen LogP contribution >= 0.6 is 0 Å². The smallest absolute Gasteiger partial charge is 0.262 e. The van der Waals surface area contributed by atoms with Crippen molar-refractivity contribution in [1.82, 2.24) is 0 Å². The number of aliphatic imine (C=N–C) groups is 1. The first-order valence-corrected chi connectivity index (χ1v) is 3.70. The van der Waals surface area contributed by atoms with E-state index >= 15 is 0 Å². The van der Waals surface area contributed by atoms with Gasteiger partial charge < -0.3 is 0 Å². The molecule has 1 aromatic carbocycles. The summed E-state index contributed by atoms with van der Waals surface area (Å²) in [6.45, 7) is 0. The Morgan fingerprint density at radius 3 is 2.29 bits per heavy atom. The molecule has 0 radical (unpaired) electrons. The SMILES string of the molecule is O=C(N=Cc1ccccc1)C(F)(F)F. The molecule has 0 atom stereocenters. The molecule has 1 aromatic rings. The summed E-state index contributed by atoms with van der Waals surface area (Å²) in [6.07, 6.45) is -4.01. The van der Waals surface area contributed by atoms with Gasteiger partial charge in [-0.25, -0.2) is 4.99 Å². The van der Waals surface area contributed by atoms with Gasteiger partial charge in [0.05, 0.1) is 0 Å². The van der Waals surface area contributed by atoms with Crippen LogP contribution in [-0.2, 0) is 4.79 Å². The van der Waals surface area contributed by atoms with Gasteiger partial charge in [0.1, 0.15) is 0 Å². The van der Waals surface area contributed by atoms with E-state index in [4.69, 9.17) is 0 Å². The van der Waals surface area contributed by atoms with E-state index in [0.29, 0.717) is 5.56 Å². The van der Waals surface area contributed by atoms with Gasteiger partial charge in [0.15, 0.2) is 0 Å². The number of alkyl halides is 3. The Balaban J connectivity index is 2.71. The second-order valence-electron chi connectivity index (χ2n) is 2.47. The summed E-state index contributed by atoms with van der Waals surface area (Å²) in [7, 11) is 0. The summed E-state index contributed by atoms with van der Waals surface area (Å²) in [6, 6.07) is 8.09. The Morgan fingerprint density at radius 2 is 1.79 bits per heavy atom. The number of carbonyl (C=O) groups excluding carboxylic acids is 1. The van der Waals surface area contributed by atoms with Crippen LogP contribution in [0.15, 0.2) is 35.3 Å². The molecule has 14 heavy (non-hydrogen) atoms. The third kappa shape index (κ3) is 3.01. The topological polar surface area (TPSA) is 29.4 Å². The van der Waals surface area contributed by atoms with Gasteiger partial charge in [-0.2, -0.15) is 13.2 Å². The summed E-state index contributed by atoms with van der Waals surface area (Å²) >= 11 is 0. The summed E-state index contributed by atoms with van der Waals surface area (Å²) in [5.74, 6) is -2.10. The number of hydrogen-bond donors (Lipinski definition) is 0. The molecule has 1 rings (SSSR count). The van der Waals surface area contributed by atoms with E-state index in [1.165, 1.54) is 0 Å². The van der Waals surface area contributed by atoms with Crippen molar-refractivity contribution in [2.45, 2.75) is 6.18 Å². The van der Waals surface area contributed by atoms with Gasteiger partial charge in [0.25, 0.3) is 0 Å². The Labute approximate surface area is 78.1 Å². The average Bonchev–Trinajstić information content (AvgIpc) is 2.14. The lowest BCUT2D eigenvalue weighted by Gasteiger charge is -1.98. The maximum atomic E-state index is 11.7. The lowest BCUT2D eigenvalue weighted by atomic mass is 10.2. The molecule has 74 valence electrons. The van der Waals surface area contributed by atoms with Gasteiger partial charge in [-0.15, -0.1) is 0 Å². The van der Waals surface area contributed by atoms with Crippen molar-refractivity contribution in [3.63, 3.8) is 0 Å². The minimum atomic E-state index is -4.90. The number of hydrogen-bond acceptors (Lipinski definition) is 1. The van der Waals surface area contributed by atoms with Gasteiger partial charge in [0, 0.05) is 6.21 Å². The van der Waals surface area contributed by atoms with E-state index in [1.54, 1.807) is 30.3 Å². The molecule has 0 unspecified atom stereocenters. The first-order chi connectivity index (χ1) is 6.50. The van der Waals surface area contributed by atoms with Crippen LogP contribution in [0.5, 0.6) is 0 Å². The Hall–Kier alpha value is -1.65.